The second-order valence-electron chi connectivity index (χ2n) is 10.6. The second kappa shape index (κ2) is 10.00. The predicted octanol–water partition coefficient (Wildman–Crippen LogP) is 2.48. The largest absolute Gasteiger partial charge is 0.508 e. The molecule has 4 aromatic carbocycles. The van der Waals surface area contributed by atoms with Gasteiger partial charge >= 0.3 is 0 Å². The van der Waals surface area contributed by atoms with Crippen molar-refractivity contribution in [1.82, 2.24) is 0 Å². The van der Waals surface area contributed by atoms with Gasteiger partial charge in [-0.25, -0.2) is 0 Å². The number of fused-ring (bicyclic) bond motifs is 2. The number of aliphatic hydroxyl groups is 2. The van der Waals surface area contributed by atoms with Crippen LogP contribution in [0.2, 0.25) is 0 Å². The molecule has 0 aromatic heterocycles. The van der Waals surface area contributed by atoms with Crippen LogP contribution in [0.4, 0.5) is 0 Å². The van der Waals surface area contributed by atoms with Crippen molar-refractivity contribution in [3.63, 3.8) is 0 Å². The van der Waals surface area contributed by atoms with Crippen LogP contribution in [0.25, 0.3) is 11.1 Å². The molecule has 0 spiro atoms. The number of phenols is 10. The molecular formula is C30H26O14. The molecule has 4 atom stereocenters. The Morgan fingerprint density at radius 1 is 0.455 bits per heavy atom. The van der Waals surface area contributed by atoms with E-state index in [1.54, 1.807) is 0 Å². The zero-order chi connectivity index (χ0) is 31.8. The van der Waals surface area contributed by atoms with Gasteiger partial charge in [-0.3, -0.25) is 0 Å². The Kier molecular flexibility index (Phi) is 6.48. The molecule has 0 bridgehead atoms. The summed E-state index contributed by atoms with van der Waals surface area (Å²) >= 11 is 0. The second-order valence-corrected chi connectivity index (χ2v) is 10.6. The first-order chi connectivity index (χ1) is 20.8. The third-order valence-corrected chi connectivity index (χ3v) is 7.81. The quantitative estimate of drug-likeness (QED) is 0.149. The van der Waals surface area contributed by atoms with Crippen LogP contribution in [0.15, 0.2) is 36.4 Å². The van der Waals surface area contributed by atoms with Gasteiger partial charge < -0.3 is 70.8 Å². The molecule has 2 heterocycles. The first kappa shape index (κ1) is 28.5. The molecule has 0 aliphatic carbocycles. The fourth-order valence-electron chi connectivity index (χ4n) is 5.76. The van der Waals surface area contributed by atoms with E-state index in [-0.39, 0.29) is 69.6 Å². The number of aromatic hydroxyl groups is 10. The monoisotopic (exact) mass is 610 g/mol. The molecule has 230 valence electrons. The van der Waals surface area contributed by atoms with E-state index in [0.29, 0.717) is 0 Å². The summed E-state index contributed by atoms with van der Waals surface area (Å²) in [7, 11) is 0. The fourth-order valence-corrected chi connectivity index (χ4v) is 5.76. The minimum Gasteiger partial charge on any atom is -0.508 e. The lowest BCUT2D eigenvalue weighted by atomic mass is 9.83. The number of aliphatic hydroxyl groups excluding tert-OH is 2. The van der Waals surface area contributed by atoms with Crippen molar-refractivity contribution in [3.8, 4) is 80.1 Å². The molecule has 14 heteroatoms. The van der Waals surface area contributed by atoms with Crippen molar-refractivity contribution in [1.29, 1.82) is 0 Å². The first-order valence-electron chi connectivity index (χ1n) is 13.1. The topological polar surface area (TPSA) is 261 Å². The standard InChI is InChI=1S/C30H26O14/c31-9-1-15(33)11-5-19(37)29(43-21(11)3-9)13-7-17(35)25(39)27(41)23(13)24-14(8-18(36)26(40)28(24)42)30-20(38)6-12-16(34)2-10(32)4-22(12)44-30/h1-4,7-8,19-20,29-42H,5-6H2/t19-,20-,29+,30+/m1/s1. The summed E-state index contributed by atoms with van der Waals surface area (Å²) in [6, 6.07) is 6.19. The highest BCUT2D eigenvalue weighted by Gasteiger charge is 2.40. The van der Waals surface area contributed by atoms with Gasteiger partial charge in [0.25, 0.3) is 0 Å². The van der Waals surface area contributed by atoms with Crippen LogP contribution in [0, 0.1) is 0 Å². The van der Waals surface area contributed by atoms with Gasteiger partial charge in [0.15, 0.2) is 35.2 Å². The van der Waals surface area contributed by atoms with Crippen molar-refractivity contribution in [2.24, 2.45) is 0 Å². The van der Waals surface area contributed by atoms with Gasteiger partial charge in [-0.1, -0.05) is 0 Å². The highest BCUT2D eigenvalue weighted by Crippen LogP contribution is 2.57. The van der Waals surface area contributed by atoms with Crippen LogP contribution in [0.5, 0.6) is 69.0 Å². The first-order valence-corrected chi connectivity index (χ1v) is 13.1. The molecule has 4 aromatic rings. The van der Waals surface area contributed by atoms with Crippen molar-refractivity contribution in [2.45, 2.75) is 37.3 Å². The molecule has 0 radical (unpaired) electrons. The van der Waals surface area contributed by atoms with Gasteiger partial charge in [-0.15, -0.1) is 0 Å². The summed E-state index contributed by atoms with van der Waals surface area (Å²) in [6.45, 7) is 0. The fraction of sp³-hybridized carbons (Fsp3) is 0.200. The molecule has 44 heavy (non-hydrogen) atoms. The third-order valence-electron chi connectivity index (χ3n) is 7.81. The smallest absolute Gasteiger partial charge is 0.200 e. The van der Waals surface area contributed by atoms with Crippen LogP contribution in [0.3, 0.4) is 0 Å². The van der Waals surface area contributed by atoms with Crippen LogP contribution in [-0.2, 0) is 12.8 Å². The Balaban J connectivity index is 1.59. The van der Waals surface area contributed by atoms with Crippen LogP contribution >= 0.6 is 0 Å². The van der Waals surface area contributed by atoms with Gasteiger partial charge in [0.2, 0.25) is 11.5 Å². The number of rotatable bonds is 3. The molecule has 0 amide bonds. The normalized spacial score (nSPS) is 20.7. The summed E-state index contributed by atoms with van der Waals surface area (Å²) in [6.07, 6.45) is -6.50. The Bertz CT molecular complexity index is 1700. The Hall–Kier alpha value is -5.60. The number of hydrogen-bond donors (Lipinski definition) is 12. The lowest BCUT2D eigenvalue weighted by molar-refractivity contribution is 0.0188. The number of ether oxygens (including phenoxy) is 2. The molecule has 0 saturated heterocycles. The number of phenolic OH excluding ortho intramolecular Hbond substituents is 10. The Morgan fingerprint density at radius 3 is 1.18 bits per heavy atom. The lowest BCUT2D eigenvalue weighted by Crippen LogP contribution is -2.32. The van der Waals surface area contributed by atoms with Gasteiger partial charge in [0.05, 0.1) is 12.2 Å². The molecule has 0 saturated carbocycles. The van der Waals surface area contributed by atoms with E-state index in [1.807, 2.05) is 0 Å². The van der Waals surface area contributed by atoms with Crippen LogP contribution < -0.4 is 9.47 Å². The Morgan fingerprint density at radius 2 is 0.818 bits per heavy atom. The average Bonchev–Trinajstić information content (AvgIpc) is 2.95. The highest BCUT2D eigenvalue weighted by atomic mass is 16.5. The van der Waals surface area contributed by atoms with Gasteiger partial charge in [0, 0.05) is 70.5 Å². The summed E-state index contributed by atoms with van der Waals surface area (Å²) in [4.78, 5) is 0. The van der Waals surface area contributed by atoms with Crippen molar-refractivity contribution >= 4 is 0 Å². The van der Waals surface area contributed by atoms with E-state index in [1.165, 1.54) is 0 Å². The molecule has 6 rings (SSSR count). The number of hydrogen-bond acceptors (Lipinski definition) is 14. The third kappa shape index (κ3) is 4.35. The summed E-state index contributed by atoms with van der Waals surface area (Å²) in [5, 5.41) is 127. The van der Waals surface area contributed by atoms with E-state index in [0.717, 1.165) is 36.4 Å². The summed E-state index contributed by atoms with van der Waals surface area (Å²) in [5.74, 6) is -7.69. The SMILES string of the molecule is Oc1cc(O)c2c(c1)O[C@@H](c1cc(O)c(O)c(O)c1-c1c([C@@H]3Oc4cc(O)cc(O)c4C[C@H]3O)cc(O)c(O)c1O)[C@H](O)C2. The average molecular weight is 611 g/mol. The van der Waals surface area contributed by atoms with Crippen molar-refractivity contribution < 1.29 is 70.8 Å². The maximum atomic E-state index is 11.2. The van der Waals surface area contributed by atoms with Crippen molar-refractivity contribution in [3.05, 3.63) is 58.7 Å². The minimum atomic E-state index is -1.51. The molecule has 2 aliphatic rings. The lowest BCUT2D eigenvalue weighted by Gasteiger charge is -2.35. The highest BCUT2D eigenvalue weighted by molar-refractivity contribution is 5.88. The van der Waals surface area contributed by atoms with E-state index >= 15 is 0 Å². The van der Waals surface area contributed by atoms with Gasteiger partial charge in [-0.05, 0) is 12.1 Å². The molecular weight excluding hydrogens is 584 g/mol. The van der Waals surface area contributed by atoms with Gasteiger partial charge in [-0.2, -0.15) is 0 Å². The van der Waals surface area contributed by atoms with E-state index in [4.69, 9.17) is 9.47 Å². The van der Waals surface area contributed by atoms with Crippen molar-refractivity contribution in [2.75, 3.05) is 0 Å². The zero-order valence-electron chi connectivity index (χ0n) is 22.4. The van der Waals surface area contributed by atoms with Crippen LogP contribution in [-0.4, -0.2) is 73.5 Å². The van der Waals surface area contributed by atoms with E-state index in [9.17, 15) is 61.3 Å². The van der Waals surface area contributed by atoms with Crippen LogP contribution in [0.1, 0.15) is 34.5 Å². The molecule has 0 fully saturated rings. The zero-order valence-corrected chi connectivity index (χ0v) is 22.4. The molecule has 0 unspecified atom stereocenters. The molecule has 12 N–H and O–H groups in total. The van der Waals surface area contributed by atoms with Gasteiger partial charge in [0.1, 0.15) is 34.5 Å². The Labute approximate surface area is 247 Å². The summed E-state index contributed by atoms with van der Waals surface area (Å²) < 4.78 is 11.7. The maximum Gasteiger partial charge on any atom is 0.200 e. The maximum absolute atomic E-state index is 11.2. The van der Waals surface area contributed by atoms with E-state index < -0.39 is 70.0 Å². The van der Waals surface area contributed by atoms with E-state index in [2.05, 4.69) is 0 Å². The summed E-state index contributed by atoms with van der Waals surface area (Å²) in [5.41, 5.74) is -1.34. The minimum absolute atomic E-state index is 0.0731. The molecule has 14 nitrogen and oxygen atoms in total. The molecule has 2 aliphatic heterocycles. The number of benzene rings is 4. The predicted molar refractivity (Wildman–Crippen MR) is 148 cm³/mol.